The zero-order valence-electron chi connectivity index (χ0n) is 13.1. The lowest BCUT2D eigenvalue weighted by Crippen LogP contribution is -2.00. The van der Waals surface area contributed by atoms with Gasteiger partial charge in [0.25, 0.3) is 9.05 Å². The molecule has 0 aliphatic carbocycles. The first-order chi connectivity index (χ1) is 11.9. The van der Waals surface area contributed by atoms with E-state index in [2.05, 4.69) is 20.6 Å². The Morgan fingerprint density at radius 2 is 1.46 bits per heavy atom. The van der Waals surface area contributed by atoms with Crippen molar-refractivity contribution in [3.8, 4) is 0 Å². The van der Waals surface area contributed by atoms with E-state index < -0.39 is 9.05 Å². The van der Waals surface area contributed by atoms with Crippen molar-refractivity contribution in [1.29, 1.82) is 0 Å². The number of hydrogen-bond acceptors (Lipinski definition) is 6. The molecule has 0 fully saturated rings. The number of aromatic nitrogens is 2. The van der Waals surface area contributed by atoms with Gasteiger partial charge < -0.3 is 10.6 Å². The van der Waals surface area contributed by atoms with Gasteiger partial charge in [0.05, 0.1) is 4.90 Å². The molecule has 0 saturated carbocycles. The highest BCUT2D eigenvalue weighted by Crippen LogP contribution is 2.21. The van der Waals surface area contributed by atoms with Crippen LogP contribution in [0.3, 0.4) is 0 Å². The van der Waals surface area contributed by atoms with Crippen LogP contribution >= 0.6 is 23.1 Å². The fourth-order valence-electron chi connectivity index (χ4n) is 2.00. The van der Waals surface area contributed by atoms with E-state index in [1.54, 1.807) is 36.5 Å². The van der Waals surface area contributed by atoms with Gasteiger partial charge in [-0.2, -0.15) is 4.98 Å². The third kappa shape index (κ3) is 5.29. The van der Waals surface area contributed by atoms with Crippen LogP contribution in [-0.2, 0) is 9.05 Å². The van der Waals surface area contributed by atoms with Crippen LogP contribution in [0.2, 0.25) is 0 Å². The molecule has 2 N–H and O–H groups in total. The summed E-state index contributed by atoms with van der Waals surface area (Å²) < 4.78 is 35.4. The normalized spacial score (nSPS) is 10.7. The minimum absolute atomic E-state index is 0. The summed E-state index contributed by atoms with van der Waals surface area (Å²) in [7, 11) is 1.51. The maximum Gasteiger partial charge on any atom is 0.261 e. The quantitative estimate of drug-likeness (QED) is 0.599. The van der Waals surface area contributed by atoms with E-state index in [9.17, 15) is 12.8 Å². The highest BCUT2D eigenvalue weighted by molar-refractivity contribution is 8.13. The maximum atomic E-state index is 12.9. The predicted octanol–water partition coefficient (Wildman–Crippen LogP) is 4.45. The van der Waals surface area contributed by atoms with Gasteiger partial charge >= 0.3 is 0 Å². The number of hydrogen-bond donors (Lipinski definition) is 2. The molecule has 1 aromatic heterocycles. The van der Waals surface area contributed by atoms with Crippen molar-refractivity contribution < 1.29 is 12.8 Å². The summed E-state index contributed by atoms with van der Waals surface area (Å²) in [6.45, 7) is 0. The molecule has 0 saturated heterocycles. The van der Waals surface area contributed by atoms with Crippen LogP contribution < -0.4 is 10.6 Å². The summed E-state index contributed by atoms with van der Waals surface area (Å²) in [5.41, 5.74) is 1.28. The molecule has 26 heavy (non-hydrogen) atoms. The summed E-state index contributed by atoms with van der Waals surface area (Å²) in [6.07, 6.45) is 1.55. The van der Waals surface area contributed by atoms with Crippen molar-refractivity contribution >= 4 is 55.3 Å². The lowest BCUT2D eigenvalue weighted by atomic mass is 10.3. The van der Waals surface area contributed by atoms with E-state index >= 15 is 0 Å². The largest absolute Gasteiger partial charge is 0.340 e. The Morgan fingerprint density at radius 1 is 0.885 bits per heavy atom. The van der Waals surface area contributed by atoms with Crippen molar-refractivity contribution in [2.75, 3.05) is 10.6 Å². The highest BCUT2D eigenvalue weighted by atomic mass is 35.7. The number of nitrogens with one attached hydrogen (secondary N) is 2. The molecule has 0 aliphatic heterocycles. The Labute approximate surface area is 160 Å². The number of nitrogens with zero attached hydrogens (tertiary/aromatic N) is 2. The smallest absolute Gasteiger partial charge is 0.261 e. The molecule has 3 aromatic rings. The lowest BCUT2D eigenvalue weighted by Gasteiger charge is -2.08. The van der Waals surface area contributed by atoms with E-state index in [1.807, 2.05) is 0 Å². The highest BCUT2D eigenvalue weighted by Gasteiger charge is 2.09. The van der Waals surface area contributed by atoms with Crippen LogP contribution in [0.1, 0.15) is 0 Å². The molecule has 0 bridgehead atoms. The first-order valence-electron chi connectivity index (χ1n) is 7.07. The van der Waals surface area contributed by atoms with Gasteiger partial charge in [-0.15, -0.1) is 12.4 Å². The lowest BCUT2D eigenvalue weighted by molar-refractivity contribution is 0.609. The molecule has 3 rings (SSSR count). The van der Waals surface area contributed by atoms with Crippen molar-refractivity contribution in [3.05, 3.63) is 66.6 Å². The van der Waals surface area contributed by atoms with Crippen molar-refractivity contribution in [3.63, 3.8) is 0 Å². The number of benzene rings is 2. The van der Waals surface area contributed by atoms with Crippen LogP contribution in [0, 0.1) is 5.82 Å². The summed E-state index contributed by atoms with van der Waals surface area (Å²) in [6, 6.07) is 13.4. The summed E-state index contributed by atoms with van der Waals surface area (Å²) in [5.74, 6) is 0.510. The third-order valence-corrected chi connectivity index (χ3v) is 4.53. The molecule has 0 radical (unpaired) electrons. The average molecular weight is 415 g/mol. The van der Waals surface area contributed by atoms with Crippen LogP contribution in [-0.4, -0.2) is 18.4 Å². The van der Waals surface area contributed by atoms with E-state index in [0.29, 0.717) is 23.1 Å². The van der Waals surface area contributed by atoms with Gasteiger partial charge in [0.2, 0.25) is 5.95 Å². The second kappa shape index (κ2) is 8.31. The molecule has 10 heteroatoms. The van der Waals surface area contributed by atoms with E-state index in [1.165, 1.54) is 24.3 Å². The maximum absolute atomic E-state index is 12.9. The van der Waals surface area contributed by atoms with Crippen molar-refractivity contribution in [2.45, 2.75) is 4.90 Å². The standard InChI is InChI=1S/C16H12ClFN4O2S.ClH/c17-25(23,24)14-7-5-13(6-8-14)21-16-19-10-9-15(22-16)20-12-3-1-11(18)2-4-12;/h1-10H,(H2,19,20,21,22);1H. The van der Waals surface area contributed by atoms with Crippen LogP contribution in [0.4, 0.5) is 27.5 Å². The van der Waals surface area contributed by atoms with Gasteiger partial charge in [-0.1, -0.05) is 0 Å². The summed E-state index contributed by atoms with van der Waals surface area (Å²) in [5, 5.41) is 5.99. The number of rotatable bonds is 5. The topological polar surface area (TPSA) is 84.0 Å². The van der Waals surface area contributed by atoms with Crippen molar-refractivity contribution in [2.24, 2.45) is 0 Å². The van der Waals surface area contributed by atoms with Gasteiger partial charge in [-0.05, 0) is 54.6 Å². The molecule has 0 aliphatic rings. The molecule has 136 valence electrons. The van der Waals surface area contributed by atoms with Gasteiger partial charge in [0.1, 0.15) is 11.6 Å². The van der Waals surface area contributed by atoms with E-state index in [0.717, 1.165) is 0 Å². The minimum Gasteiger partial charge on any atom is -0.340 e. The zero-order chi connectivity index (χ0) is 17.9. The Morgan fingerprint density at radius 3 is 2.08 bits per heavy atom. The molecule has 0 amide bonds. The van der Waals surface area contributed by atoms with Crippen molar-refractivity contribution in [1.82, 2.24) is 9.97 Å². The molecule has 1 heterocycles. The molecular weight excluding hydrogens is 402 g/mol. The zero-order valence-corrected chi connectivity index (χ0v) is 15.4. The summed E-state index contributed by atoms with van der Waals surface area (Å²) in [4.78, 5) is 8.39. The second-order valence-corrected chi connectivity index (χ2v) is 7.55. The number of halogens is 3. The third-order valence-electron chi connectivity index (χ3n) is 3.16. The first-order valence-corrected chi connectivity index (χ1v) is 9.38. The SMILES string of the molecule is Cl.O=S(=O)(Cl)c1ccc(Nc2nccc(Nc3ccc(F)cc3)n2)cc1. The first kappa shape index (κ1) is 19.9. The fraction of sp³-hybridized carbons (Fsp3) is 0. The molecule has 0 spiro atoms. The average Bonchev–Trinajstić information content (AvgIpc) is 2.57. The van der Waals surface area contributed by atoms with Crippen LogP contribution in [0.15, 0.2) is 65.7 Å². The van der Waals surface area contributed by atoms with E-state index in [-0.39, 0.29) is 23.1 Å². The van der Waals surface area contributed by atoms with Crippen LogP contribution in [0.25, 0.3) is 0 Å². The fourth-order valence-corrected chi connectivity index (χ4v) is 2.77. The van der Waals surface area contributed by atoms with Gasteiger partial charge in [0.15, 0.2) is 0 Å². The van der Waals surface area contributed by atoms with Gasteiger partial charge in [-0.3, -0.25) is 0 Å². The number of anilines is 4. The molecule has 6 nitrogen and oxygen atoms in total. The molecule has 0 unspecified atom stereocenters. The Bertz CT molecular complexity index is 984. The van der Waals surface area contributed by atoms with Crippen LogP contribution in [0.5, 0.6) is 0 Å². The Hall–Kier alpha value is -2.42. The molecule has 2 aromatic carbocycles. The Balaban J connectivity index is 0.00000243. The molecule has 0 atom stereocenters. The monoisotopic (exact) mass is 414 g/mol. The van der Waals surface area contributed by atoms with E-state index in [4.69, 9.17) is 10.7 Å². The Kier molecular flexibility index (Phi) is 6.36. The van der Waals surface area contributed by atoms with Gasteiger partial charge in [-0.25, -0.2) is 17.8 Å². The molecular formula is C16H13Cl2FN4O2S. The predicted molar refractivity (Wildman–Crippen MR) is 102 cm³/mol. The summed E-state index contributed by atoms with van der Waals surface area (Å²) >= 11 is 0. The van der Waals surface area contributed by atoms with Gasteiger partial charge in [0, 0.05) is 28.3 Å². The minimum atomic E-state index is -3.76. The second-order valence-electron chi connectivity index (χ2n) is 4.98.